The fourth-order valence-electron chi connectivity index (χ4n) is 3.67. The van der Waals surface area contributed by atoms with E-state index in [1.807, 2.05) is 24.0 Å². The molecular weight excluding hydrogens is 422 g/mol. The highest BCUT2D eigenvalue weighted by Gasteiger charge is 2.33. The van der Waals surface area contributed by atoms with E-state index in [1.165, 1.54) is 18.4 Å². The van der Waals surface area contributed by atoms with Gasteiger partial charge in [0.1, 0.15) is 10.9 Å². The zero-order valence-corrected chi connectivity index (χ0v) is 19.3. The Bertz CT molecular complexity index is 876. The number of nitrogens with zero attached hydrogens (tertiary/aromatic N) is 3. The minimum atomic E-state index is -0.504. The normalized spacial score (nSPS) is 15.8. The second-order valence-electron chi connectivity index (χ2n) is 7.43. The number of methoxy groups -OCH3 is 1. The third-order valence-electron chi connectivity index (χ3n) is 5.36. The number of hydrogen-bond acceptors (Lipinski definition) is 6. The quantitative estimate of drug-likeness (QED) is 0.595. The number of benzene rings is 1. The van der Waals surface area contributed by atoms with Crippen LogP contribution in [0, 0.1) is 6.92 Å². The predicted molar refractivity (Wildman–Crippen MR) is 119 cm³/mol. The molecule has 0 bridgehead atoms. The maximum absolute atomic E-state index is 13.1. The van der Waals surface area contributed by atoms with Gasteiger partial charge in [-0.05, 0) is 37.5 Å². The highest BCUT2D eigenvalue weighted by molar-refractivity contribution is 7.13. The summed E-state index contributed by atoms with van der Waals surface area (Å²) in [6.45, 7) is 6.35. The molecule has 6 nitrogen and oxygen atoms in total. The lowest BCUT2D eigenvalue weighted by Gasteiger charge is -2.38. The van der Waals surface area contributed by atoms with Crippen LogP contribution in [-0.4, -0.2) is 59.9 Å². The monoisotopic (exact) mass is 449 g/mol. The Balaban J connectivity index is 1.68. The van der Waals surface area contributed by atoms with Gasteiger partial charge < -0.3 is 9.64 Å². The van der Waals surface area contributed by atoms with E-state index in [4.69, 9.17) is 16.3 Å². The van der Waals surface area contributed by atoms with Crippen LogP contribution in [0.5, 0.6) is 0 Å². The number of ether oxygens (including phenoxy) is 1. The number of thiazole rings is 1. The summed E-state index contributed by atoms with van der Waals surface area (Å²) < 4.78 is 5.04. The van der Waals surface area contributed by atoms with E-state index >= 15 is 0 Å². The van der Waals surface area contributed by atoms with Crippen LogP contribution < -0.4 is 0 Å². The van der Waals surface area contributed by atoms with Gasteiger partial charge in [0, 0.05) is 31.2 Å². The summed E-state index contributed by atoms with van der Waals surface area (Å²) in [7, 11) is 1.40. The van der Waals surface area contributed by atoms with Gasteiger partial charge in [0.05, 0.1) is 17.8 Å². The first-order valence-electron chi connectivity index (χ1n) is 10.3. The van der Waals surface area contributed by atoms with Crippen molar-refractivity contribution in [3.8, 4) is 0 Å². The van der Waals surface area contributed by atoms with E-state index < -0.39 is 6.04 Å². The molecule has 0 unspecified atom stereocenters. The highest BCUT2D eigenvalue weighted by atomic mass is 35.5. The minimum Gasteiger partial charge on any atom is -0.468 e. The molecule has 1 aromatic heterocycles. The SMILES string of the molecule is CCCCc1nc(C)c(C(=O)N2CCN([C@@H](C(=O)OC)c3ccc(Cl)cc3)CC2)s1. The summed E-state index contributed by atoms with van der Waals surface area (Å²) in [5, 5.41) is 1.65. The zero-order valence-electron chi connectivity index (χ0n) is 17.7. The average Bonchev–Trinajstić information content (AvgIpc) is 3.14. The van der Waals surface area contributed by atoms with Gasteiger partial charge in [-0.1, -0.05) is 37.1 Å². The Labute approximate surface area is 186 Å². The number of piperazine rings is 1. The van der Waals surface area contributed by atoms with Gasteiger partial charge >= 0.3 is 5.97 Å². The molecule has 0 spiro atoms. The van der Waals surface area contributed by atoms with E-state index in [-0.39, 0.29) is 11.9 Å². The summed E-state index contributed by atoms with van der Waals surface area (Å²) in [6.07, 6.45) is 3.11. The van der Waals surface area contributed by atoms with Crippen molar-refractivity contribution in [1.29, 1.82) is 0 Å². The zero-order chi connectivity index (χ0) is 21.7. The van der Waals surface area contributed by atoms with E-state index in [2.05, 4.69) is 16.8 Å². The molecule has 162 valence electrons. The number of aromatic nitrogens is 1. The molecule has 1 fully saturated rings. The molecule has 1 amide bonds. The first-order valence-corrected chi connectivity index (χ1v) is 11.5. The average molecular weight is 450 g/mol. The molecule has 1 saturated heterocycles. The van der Waals surface area contributed by atoms with Crippen LogP contribution in [0.15, 0.2) is 24.3 Å². The number of unbranched alkanes of at least 4 members (excludes halogenated alkanes) is 1. The first kappa shape index (κ1) is 22.7. The number of rotatable bonds is 7. The summed E-state index contributed by atoms with van der Waals surface area (Å²) in [5.41, 5.74) is 1.65. The van der Waals surface area contributed by atoms with Crippen LogP contribution >= 0.6 is 22.9 Å². The fraction of sp³-hybridized carbons (Fsp3) is 0.500. The lowest BCUT2D eigenvalue weighted by molar-refractivity contribution is -0.148. The number of hydrogen-bond donors (Lipinski definition) is 0. The fourth-order valence-corrected chi connectivity index (χ4v) is 4.87. The summed E-state index contributed by atoms with van der Waals surface area (Å²) >= 11 is 7.50. The number of amides is 1. The van der Waals surface area contributed by atoms with Crippen LogP contribution in [0.25, 0.3) is 0 Å². The number of carbonyl (C=O) groups excluding carboxylic acids is 2. The van der Waals surface area contributed by atoms with Crippen molar-refractivity contribution in [2.75, 3.05) is 33.3 Å². The molecule has 0 aliphatic carbocycles. The molecule has 1 aromatic carbocycles. The molecule has 1 atom stereocenters. The van der Waals surface area contributed by atoms with Gasteiger partial charge in [0.15, 0.2) is 0 Å². The Morgan fingerprint density at radius 2 is 1.87 bits per heavy atom. The highest BCUT2D eigenvalue weighted by Crippen LogP contribution is 2.27. The second-order valence-corrected chi connectivity index (χ2v) is 8.95. The molecule has 0 saturated carbocycles. The molecule has 0 N–H and O–H groups in total. The molecule has 8 heteroatoms. The molecule has 0 radical (unpaired) electrons. The van der Waals surface area contributed by atoms with Gasteiger partial charge in [-0.3, -0.25) is 9.69 Å². The Morgan fingerprint density at radius 1 is 1.20 bits per heavy atom. The van der Waals surface area contributed by atoms with Gasteiger partial charge in [-0.15, -0.1) is 11.3 Å². The summed E-state index contributed by atoms with van der Waals surface area (Å²) in [4.78, 5) is 34.8. The largest absolute Gasteiger partial charge is 0.468 e. The van der Waals surface area contributed by atoms with Crippen molar-refractivity contribution in [3.05, 3.63) is 50.4 Å². The van der Waals surface area contributed by atoms with Gasteiger partial charge in [0.2, 0.25) is 0 Å². The molecule has 2 aromatic rings. The number of esters is 1. The molecule has 3 rings (SSSR count). The smallest absolute Gasteiger partial charge is 0.327 e. The van der Waals surface area contributed by atoms with Crippen molar-refractivity contribution >= 4 is 34.8 Å². The van der Waals surface area contributed by atoms with Crippen molar-refractivity contribution < 1.29 is 14.3 Å². The summed E-state index contributed by atoms with van der Waals surface area (Å²) in [6, 6.07) is 6.74. The topological polar surface area (TPSA) is 62.7 Å². The Hall–Kier alpha value is -1.96. The van der Waals surface area contributed by atoms with Crippen LogP contribution in [0.4, 0.5) is 0 Å². The Kier molecular flexibility index (Phi) is 7.86. The van der Waals surface area contributed by atoms with Gasteiger partial charge in [-0.2, -0.15) is 0 Å². The minimum absolute atomic E-state index is 0.0357. The van der Waals surface area contributed by atoms with Crippen LogP contribution in [-0.2, 0) is 16.0 Å². The maximum Gasteiger partial charge on any atom is 0.327 e. The standard InChI is InChI=1S/C22H28ClN3O3S/c1-4-5-6-18-24-15(2)20(30-18)21(27)26-13-11-25(12-14-26)19(22(28)29-3)16-7-9-17(23)10-8-16/h7-10,19H,4-6,11-14H2,1-3H3/t19-/m1/s1. The van der Waals surface area contributed by atoms with Crippen LogP contribution in [0.3, 0.4) is 0 Å². The molecule has 30 heavy (non-hydrogen) atoms. The Morgan fingerprint density at radius 3 is 2.47 bits per heavy atom. The molecule has 1 aliphatic rings. The second kappa shape index (κ2) is 10.4. The van der Waals surface area contributed by atoms with Crippen LogP contribution in [0.1, 0.15) is 51.7 Å². The molecule has 2 heterocycles. The molecule has 1 aliphatic heterocycles. The third kappa shape index (κ3) is 5.20. The first-order chi connectivity index (χ1) is 14.4. The third-order valence-corrected chi connectivity index (χ3v) is 6.81. The van der Waals surface area contributed by atoms with Crippen molar-refractivity contribution in [3.63, 3.8) is 0 Å². The van der Waals surface area contributed by atoms with E-state index in [0.29, 0.717) is 31.2 Å². The maximum atomic E-state index is 13.1. The van der Waals surface area contributed by atoms with E-state index in [9.17, 15) is 9.59 Å². The predicted octanol–water partition coefficient (Wildman–Crippen LogP) is 4.12. The van der Waals surface area contributed by atoms with Crippen molar-refractivity contribution in [2.45, 2.75) is 39.2 Å². The lowest BCUT2D eigenvalue weighted by atomic mass is 10.0. The van der Waals surface area contributed by atoms with Crippen LogP contribution in [0.2, 0.25) is 5.02 Å². The van der Waals surface area contributed by atoms with Crippen molar-refractivity contribution in [1.82, 2.24) is 14.8 Å². The van der Waals surface area contributed by atoms with Gasteiger partial charge in [0.25, 0.3) is 5.91 Å². The molecular formula is C22H28ClN3O3S. The lowest BCUT2D eigenvalue weighted by Crippen LogP contribution is -2.51. The van der Waals surface area contributed by atoms with E-state index in [1.54, 1.807) is 12.1 Å². The van der Waals surface area contributed by atoms with E-state index in [0.717, 1.165) is 40.4 Å². The number of aryl methyl sites for hydroxylation is 2. The van der Waals surface area contributed by atoms with Crippen molar-refractivity contribution in [2.24, 2.45) is 0 Å². The number of halogens is 1. The number of carbonyl (C=O) groups is 2. The summed E-state index contributed by atoms with van der Waals surface area (Å²) in [5.74, 6) is -0.274. The van der Waals surface area contributed by atoms with Gasteiger partial charge in [-0.25, -0.2) is 9.78 Å².